The lowest BCUT2D eigenvalue weighted by Gasteiger charge is -2.37. The van der Waals surface area contributed by atoms with E-state index in [1.807, 2.05) is 18.7 Å². The molecular formula is C26H45N3O3. The molecule has 0 unspecified atom stereocenters. The molecule has 2 amide bonds. The molecule has 0 radical (unpaired) electrons. The molecule has 2 saturated heterocycles. The fraction of sp³-hybridized carbons (Fsp3) is 0.846. The summed E-state index contributed by atoms with van der Waals surface area (Å²) < 4.78 is 5.99. The van der Waals surface area contributed by atoms with Gasteiger partial charge in [-0.1, -0.05) is 39.3 Å². The zero-order valence-electron chi connectivity index (χ0n) is 20.9. The highest BCUT2D eigenvalue weighted by Gasteiger charge is 2.29. The highest BCUT2D eigenvalue weighted by molar-refractivity contribution is 5.79. The maximum Gasteiger partial charge on any atom is 0.226 e. The van der Waals surface area contributed by atoms with Crippen LogP contribution in [0.5, 0.6) is 0 Å². The van der Waals surface area contributed by atoms with Crippen LogP contribution in [-0.4, -0.2) is 85.5 Å². The number of ether oxygens (including phenoxy) is 1. The number of allylic oxidation sites excluding steroid dienone is 2. The lowest BCUT2D eigenvalue weighted by atomic mass is 9.84. The van der Waals surface area contributed by atoms with Gasteiger partial charge in [0, 0.05) is 64.3 Å². The van der Waals surface area contributed by atoms with Crippen molar-refractivity contribution in [2.24, 2.45) is 23.7 Å². The molecule has 6 heteroatoms. The Labute approximate surface area is 195 Å². The van der Waals surface area contributed by atoms with Crippen LogP contribution in [0.25, 0.3) is 0 Å². The molecule has 0 aromatic rings. The normalized spacial score (nSPS) is 23.7. The monoisotopic (exact) mass is 447 g/mol. The van der Waals surface area contributed by atoms with Crippen molar-refractivity contribution in [1.29, 1.82) is 0 Å². The van der Waals surface area contributed by atoms with Crippen LogP contribution in [0.2, 0.25) is 0 Å². The quantitative estimate of drug-likeness (QED) is 0.423. The minimum Gasteiger partial charge on any atom is -0.380 e. The Hall–Kier alpha value is -1.40. The fourth-order valence-corrected chi connectivity index (χ4v) is 5.18. The summed E-state index contributed by atoms with van der Waals surface area (Å²) in [7, 11) is 0. The Balaban J connectivity index is 1.26. The van der Waals surface area contributed by atoms with E-state index in [1.54, 1.807) is 0 Å². The highest BCUT2D eigenvalue weighted by Crippen LogP contribution is 2.29. The molecule has 1 aliphatic carbocycles. The van der Waals surface area contributed by atoms with Gasteiger partial charge in [-0.05, 0) is 43.9 Å². The van der Waals surface area contributed by atoms with Crippen molar-refractivity contribution in [2.75, 3.05) is 59.0 Å². The molecule has 0 N–H and O–H groups in total. The molecule has 2 aliphatic heterocycles. The Morgan fingerprint density at radius 2 is 1.66 bits per heavy atom. The number of carbonyl (C=O) groups excluding carboxylic acids is 2. The van der Waals surface area contributed by atoms with E-state index in [0.29, 0.717) is 17.7 Å². The zero-order valence-corrected chi connectivity index (χ0v) is 20.9. The maximum absolute atomic E-state index is 12.9. The second-order valence-corrected chi connectivity index (χ2v) is 10.6. The summed E-state index contributed by atoms with van der Waals surface area (Å²) in [5.41, 5.74) is 1.52. The molecule has 0 aromatic heterocycles. The number of carbonyl (C=O) groups is 2. The van der Waals surface area contributed by atoms with Crippen LogP contribution in [0.15, 0.2) is 11.6 Å². The van der Waals surface area contributed by atoms with E-state index < -0.39 is 0 Å². The lowest BCUT2D eigenvalue weighted by Crippen LogP contribution is -2.51. The molecule has 2 fully saturated rings. The first-order valence-corrected chi connectivity index (χ1v) is 12.9. The first-order chi connectivity index (χ1) is 15.3. The van der Waals surface area contributed by atoms with Crippen molar-refractivity contribution in [1.82, 2.24) is 14.7 Å². The fourth-order valence-electron chi connectivity index (χ4n) is 5.18. The number of likely N-dealkylation sites (tertiary alicyclic amines) is 1. The van der Waals surface area contributed by atoms with E-state index in [2.05, 4.69) is 29.7 Å². The second kappa shape index (κ2) is 12.2. The average Bonchev–Trinajstić information content (AvgIpc) is 2.81. The predicted molar refractivity (Wildman–Crippen MR) is 128 cm³/mol. The van der Waals surface area contributed by atoms with Gasteiger partial charge >= 0.3 is 0 Å². The van der Waals surface area contributed by atoms with E-state index in [-0.39, 0.29) is 17.7 Å². The van der Waals surface area contributed by atoms with E-state index in [0.717, 1.165) is 91.1 Å². The number of piperidine rings is 1. The minimum atomic E-state index is 0.0933. The lowest BCUT2D eigenvalue weighted by molar-refractivity contribution is -0.138. The molecule has 3 rings (SSSR count). The van der Waals surface area contributed by atoms with E-state index in [9.17, 15) is 9.59 Å². The van der Waals surface area contributed by atoms with E-state index in [1.165, 1.54) is 5.57 Å². The molecule has 3 aliphatic rings. The van der Waals surface area contributed by atoms with Crippen LogP contribution in [-0.2, 0) is 14.3 Å². The Morgan fingerprint density at radius 3 is 2.22 bits per heavy atom. The van der Waals surface area contributed by atoms with Crippen LogP contribution < -0.4 is 0 Å². The average molecular weight is 448 g/mol. The van der Waals surface area contributed by atoms with Gasteiger partial charge < -0.3 is 14.5 Å². The van der Waals surface area contributed by atoms with Gasteiger partial charge in [0.1, 0.15) is 0 Å². The van der Waals surface area contributed by atoms with Gasteiger partial charge in [-0.15, -0.1) is 0 Å². The molecular weight excluding hydrogens is 402 g/mol. The number of amides is 2. The Morgan fingerprint density at radius 1 is 0.969 bits per heavy atom. The number of hydrogen-bond acceptors (Lipinski definition) is 4. The van der Waals surface area contributed by atoms with Crippen LogP contribution in [0.1, 0.15) is 59.8 Å². The predicted octanol–water partition coefficient (Wildman–Crippen LogP) is 3.42. The molecule has 182 valence electrons. The summed E-state index contributed by atoms with van der Waals surface area (Å²) in [6, 6.07) is 0. The van der Waals surface area contributed by atoms with E-state index in [4.69, 9.17) is 4.74 Å². The number of piperazine rings is 1. The van der Waals surface area contributed by atoms with E-state index >= 15 is 0 Å². The first kappa shape index (κ1) is 25.2. The molecule has 6 nitrogen and oxygen atoms in total. The van der Waals surface area contributed by atoms with Gasteiger partial charge in [0.2, 0.25) is 11.8 Å². The minimum absolute atomic E-state index is 0.0933. The van der Waals surface area contributed by atoms with Gasteiger partial charge in [0.05, 0.1) is 6.61 Å². The SMILES string of the molecule is CC(C)C(=O)N1CCC(COCCN2CCN(C(=O)[C@H]3CC=C(C(C)C)CC3)CC2)CC1. The van der Waals surface area contributed by atoms with Crippen molar-refractivity contribution in [3.8, 4) is 0 Å². The summed E-state index contributed by atoms with van der Waals surface area (Å²) in [6.07, 6.45) is 7.43. The number of rotatable bonds is 8. The Bertz CT molecular complexity index is 645. The summed E-state index contributed by atoms with van der Waals surface area (Å²) in [5, 5.41) is 0. The third-order valence-corrected chi connectivity index (χ3v) is 7.55. The van der Waals surface area contributed by atoms with Gasteiger partial charge in [0.15, 0.2) is 0 Å². The van der Waals surface area contributed by atoms with Crippen molar-refractivity contribution in [3.63, 3.8) is 0 Å². The largest absolute Gasteiger partial charge is 0.380 e. The van der Waals surface area contributed by atoms with Crippen LogP contribution in [0.4, 0.5) is 0 Å². The molecule has 0 bridgehead atoms. The van der Waals surface area contributed by atoms with Crippen molar-refractivity contribution < 1.29 is 14.3 Å². The van der Waals surface area contributed by atoms with Gasteiger partial charge in [-0.3, -0.25) is 14.5 Å². The molecule has 32 heavy (non-hydrogen) atoms. The van der Waals surface area contributed by atoms with Crippen LogP contribution in [0, 0.1) is 23.7 Å². The molecule has 1 atom stereocenters. The second-order valence-electron chi connectivity index (χ2n) is 10.6. The smallest absolute Gasteiger partial charge is 0.226 e. The topological polar surface area (TPSA) is 53.1 Å². The van der Waals surface area contributed by atoms with Crippen molar-refractivity contribution in [2.45, 2.75) is 59.8 Å². The Kier molecular flexibility index (Phi) is 9.60. The van der Waals surface area contributed by atoms with Crippen LogP contribution in [0.3, 0.4) is 0 Å². The summed E-state index contributed by atoms with van der Waals surface area (Å²) in [6.45, 7) is 16.3. The van der Waals surface area contributed by atoms with Crippen LogP contribution >= 0.6 is 0 Å². The molecule has 0 saturated carbocycles. The molecule has 2 heterocycles. The first-order valence-electron chi connectivity index (χ1n) is 12.9. The third-order valence-electron chi connectivity index (χ3n) is 7.55. The number of nitrogens with zero attached hydrogens (tertiary/aromatic N) is 3. The van der Waals surface area contributed by atoms with Crippen molar-refractivity contribution in [3.05, 3.63) is 11.6 Å². The third kappa shape index (κ3) is 7.05. The maximum atomic E-state index is 12.9. The molecule has 0 spiro atoms. The summed E-state index contributed by atoms with van der Waals surface area (Å²) >= 11 is 0. The number of hydrogen-bond donors (Lipinski definition) is 0. The van der Waals surface area contributed by atoms with Gasteiger partial charge in [-0.25, -0.2) is 0 Å². The summed E-state index contributed by atoms with van der Waals surface area (Å²) in [4.78, 5) is 31.5. The zero-order chi connectivity index (χ0) is 23.1. The highest BCUT2D eigenvalue weighted by atomic mass is 16.5. The standard InChI is InChI=1S/C26H45N3O3/c1-20(2)23-5-7-24(8-6-23)26(31)29-15-13-27(14-16-29)17-18-32-19-22-9-11-28(12-10-22)25(30)21(3)4/h5,20-22,24H,6-19H2,1-4H3/t24-/m0/s1. The van der Waals surface area contributed by atoms with Gasteiger partial charge in [0.25, 0.3) is 0 Å². The summed E-state index contributed by atoms with van der Waals surface area (Å²) in [5.74, 6) is 2.11. The van der Waals surface area contributed by atoms with Crippen molar-refractivity contribution >= 4 is 11.8 Å². The molecule has 0 aromatic carbocycles. The van der Waals surface area contributed by atoms with Gasteiger partial charge in [-0.2, -0.15) is 0 Å².